The molecule has 0 unspecified atom stereocenters. The van der Waals surface area contributed by atoms with E-state index in [0.717, 1.165) is 24.2 Å². The van der Waals surface area contributed by atoms with E-state index in [-0.39, 0.29) is 17.6 Å². The summed E-state index contributed by atoms with van der Waals surface area (Å²) in [5.41, 5.74) is 4.73. The van der Waals surface area contributed by atoms with Crippen LogP contribution in [-0.4, -0.2) is 76.8 Å². The third-order valence-electron chi connectivity index (χ3n) is 6.23. The summed E-state index contributed by atoms with van der Waals surface area (Å²) < 4.78 is 13.1. The Morgan fingerprint density at radius 1 is 0.844 bits per heavy atom. The number of carbonyl (C=O) groups is 2. The summed E-state index contributed by atoms with van der Waals surface area (Å²) in [4.78, 5) is 35.5. The van der Waals surface area contributed by atoms with Gasteiger partial charge < -0.3 is 9.80 Å². The molecule has 8 heteroatoms. The Labute approximate surface area is 189 Å². The SMILES string of the molecule is O=C(c1ccc(-c2ccc(F)cc2)cc1)N1CC(N2CCN(C(=O)c3cscn3)CC2)C1. The lowest BCUT2D eigenvalue weighted by Crippen LogP contribution is -2.64. The van der Waals surface area contributed by atoms with Crippen LogP contribution in [0.15, 0.2) is 59.4 Å². The van der Waals surface area contributed by atoms with Gasteiger partial charge in [-0.15, -0.1) is 11.3 Å². The predicted molar refractivity (Wildman–Crippen MR) is 121 cm³/mol. The normalized spacial score (nSPS) is 17.3. The van der Waals surface area contributed by atoms with Crippen molar-refractivity contribution in [2.45, 2.75) is 6.04 Å². The average Bonchev–Trinajstić information content (AvgIpc) is 3.34. The van der Waals surface area contributed by atoms with E-state index in [4.69, 9.17) is 0 Å². The van der Waals surface area contributed by atoms with Gasteiger partial charge in [-0.05, 0) is 35.4 Å². The highest BCUT2D eigenvalue weighted by molar-refractivity contribution is 7.07. The molecule has 3 heterocycles. The van der Waals surface area contributed by atoms with Crippen LogP contribution >= 0.6 is 11.3 Å². The highest BCUT2D eigenvalue weighted by atomic mass is 32.1. The lowest BCUT2D eigenvalue weighted by atomic mass is 10.0. The van der Waals surface area contributed by atoms with Crippen molar-refractivity contribution >= 4 is 23.2 Å². The number of hydrogen-bond acceptors (Lipinski definition) is 5. The van der Waals surface area contributed by atoms with E-state index in [0.29, 0.717) is 43.5 Å². The molecule has 32 heavy (non-hydrogen) atoms. The summed E-state index contributed by atoms with van der Waals surface area (Å²) in [7, 11) is 0. The minimum Gasteiger partial charge on any atom is -0.335 e. The zero-order valence-electron chi connectivity index (χ0n) is 17.5. The molecule has 2 aliphatic heterocycles. The maximum atomic E-state index is 13.1. The molecule has 0 spiro atoms. The molecule has 2 aromatic carbocycles. The van der Waals surface area contributed by atoms with Gasteiger partial charge in [-0.3, -0.25) is 14.5 Å². The smallest absolute Gasteiger partial charge is 0.273 e. The molecule has 2 aliphatic rings. The first-order valence-corrected chi connectivity index (χ1v) is 11.6. The number of nitrogens with zero attached hydrogens (tertiary/aromatic N) is 4. The van der Waals surface area contributed by atoms with Gasteiger partial charge in [-0.25, -0.2) is 9.37 Å². The van der Waals surface area contributed by atoms with Crippen molar-refractivity contribution in [3.05, 3.63) is 76.5 Å². The minimum atomic E-state index is -0.264. The van der Waals surface area contributed by atoms with E-state index >= 15 is 0 Å². The summed E-state index contributed by atoms with van der Waals surface area (Å²) in [6, 6.07) is 14.1. The number of benzene rings is 2. The van der Waals surface area contributed by atoms with Crippen LogP contribution in [0.25, 0.3) is 11.1 Å². The molecule has 0 atom stereocenters. The third-order valence-corrected chi connectivity index (χ3v) is 6.81. The van der Waals surface area contributed by atoms with Crippen molar-refractivity contribution in [2.24, 2.45) is 0 Å². The van der Waals surface area contributed by atoms with E-state index in [1.807, 2.05) is 34.1 Å². The van der Waals surface area contributed by atoms with Crippen LogP contribution in [0.2, 0.25) is 0 Å². The Morgan fingerprint density at radius 2 is 1.47 bits per heavy atom. The lowest BCUT2D eigenvalue weighted by molar-refractivity contribution is 0.00844. The van der Waals surface area contributed by atoms with E-state index in [1.165, 1.54) is 23.5 Å². The fraction of sp³-hybridized carbons (Fsp3) is 0.292. The van der Waals surface area contributed by atoms with E-state index in [1.54, 1.807) is 23.0 Å². The molecule has 2 saturated heterocycles. The van der Waals surface area contributed by atoms with Crippen molar-refractivity contribution in [1.29, 1.82) is 0 Å². The number of amides is 2. The molecule has 0 saturated carbocycles. The molecule has 6 nitrogen and oxygen atoms in total. The van der Waals surface area contributed by atoms with E-state index in [2.05, 4.69) is 9.88 Å². The monoisotopic (exact) mass is 450 g/mol. The van der Waals surface area contributed by atoms with Gasteiger partial charge in [0, 0.05) is 56.3 Å². The van der Waals surface area contributed by atoms with Crippen molar-refractivity contribution in [3.8, 4) is 11.1 Å². The number of carbonyl (C=O) groups excluding carboxylic acids is 2. The summed E-state index contributed by atoms with van der Waals surface area (Å²) in [5, 5.41) is 1.79. The highest BCUT2D eigenvalue weighted by Gasteiger charge is 2.37. The van der Waals surface area contributed by atoms with Gasteiger partial charge in [0.05, 0.1) is 5.51 Å². The van der Waals surface area contributed by atoms with E-state index < -0.39 is 0 Å². The molecule has 2 fully saturated rings. The predicted octanol–water partition coefficient (Wildman–Crippen LogP) is 3.23. The number of hydrogen-bond donors (Lipinski definition) is 0. The number of halogens is 1. The van der Waals surface area contributed by atoms with Gasteiger partial charge in [0.15, 0.2) is 0 Å². The molecule has 164 valence electrons. The number of piperazine rings is 1. The van der Waals surface area contributed by atoms with Gasteiger partial charge in [0.2, 0.25) is 0 Å². The average molecular weight is 451 g/mol. The number of aromatic nitrogens is 1. The Bertz CT molecular complexity index is 1090. The van der Waals surface area contributed by atoms with Crippen LogP contribution in [0.4, 0.5) is 4.39 Å². The second-order valence-electron chi connectivity index (χ2n) is 8.15. The Balaban J connectivity index is 1.12. The summed E-state index contributed by atoms with van der Waals surface area (Å²) in [6.07, 6.45) is 0. The third kappa shape index (κ3) is 4.16. The first kappa shape index (κ1) is 20.8. The standard InChI is InChI=1S/C24H23FN4O2S/c25-20-7-5-18(6-8-20)17-1-3-19(4-2-17)23(30)29-13-21(14-29)27-9-11-28(12-10-27)24(31)22-15-32-16-26-22/h1-8,15-16,21H,9-14H2. The van der Waals surface area contributed by atoms with Crippen molar-refractivity contribution in [1.82, 2.24) is 19.7 Å². The minimum absolute atomic E-state index is 0.000368. The molecule has 2 amide bonds. The molecule has 0 aliphatic carbocycles. The van der Waals surface area contributed by atoms with E-state index in [9.17, 15) is 14.0 Å². The van der Waals surface area contributed by atoms with Gasteiger partial charge in [-0.1, -0.05) is 24.3 Å². The van der Waals surface area contributed by atoms with Crippen LogP contribution in [0.1, 0.15) is 20.8 Å². The largest absolute Gasteiger partial charge is 0.335 e. The molecule has 3 aromatic rings. The van der Waals surface area contributed by atoms with Crippen molar-refractivity contribution < 1.29 is 14.0 Å². The fourth-order valence-corrected chi connectivity index (χ4v) is 4.78. The quantitative estimate of drug-likeness (QED) is 0.613. The second-order valence-corrected chi connectivity index (χ2v) is 8.87. The number of rotatable bonds is 4. The van der Waals surface area contributed by atoms with Crippen molar-refractivity contribution in [3.63, 3.8) is 0 Å². The van der Waals surface area contributed by atoms with Crippen molar-refractivity contribution in [2.75, 3.05) is 39.3 Å². The Kier molecular flexibility index (Phi) is 5.71. The molecular formula is C24H23FN4O2S. The molecule has 0 N–H and O–H groups in total. The Hall–Kier alpha value is -3.10. The first-order chi connectivity index (χ1) is 15.6. The molecule has 0 radical (unpaired) electrons. The maximum absolute atomic E-state index is 13.1. The summed E-state index contributed by atoms with van der Waals surface area (Å²) in [6.45, 7) is 4.42. The Morgan fingerprint density at radius 3 is 2.06 bits per heavy atom. The van der Waals surface area contributed by atoms with Gasteiger partial charge in [0.1, 0.15) is 11.5 Å². The van der Waals surface area contributed by atoms with Crippen LogP contribution in [0.3, 0.4) is 0 Å². The number of thiazole rings is 1. The van der Waals surface area contributed by atoms with Gasteiger partial charge in [0.25, 0.3) is 11.8 Å². The molecule has 1 aromatic heterocycles. The topological polar surface area (TPSA) is 56.8 Å². The molecular weight excluding hydrogens is 427 g/mol. The lowest BCUT2D eigenvalue weighted by Gasteiger charge is -2.48. The highest BCUT2D eigenvalue weighted by Crippen LogP contribution is 2.23. The van der Waals surface area contributed by atoms with Crippen LogP contribution in [0, 0.1) is 5.82 Å². The maximum Gasteiger partial charge on any atom is 0.273 e. The summed E-state index contributed by atoms with van der Waals surface area (Å²) in [5.74, 6) is -0.231. The summed E-state index contributed by atoms with van der Waals surface area (Å²) >= 11 is 1.43. The van der Waals surface area contributed by atoms with Gasteiger partial charge in [-0.2, -0.15) is 0 Å². The fourth-order valence-electron chi connectivity index (χ4n) is 4.25. The van der Waals surface area contributed by atoms with Gasteiger partial charge >= 0.3 is 0 Å². The molecule has 0 bridgehead atoms. The zero-order valence-corrected chi connectivity index (χ0v) is 18.3. The second kappa shape index (κ2) is 8.80. The molecule has 5 rings (SSSR count). The number of likely N-dealkylation sites (tertiary alicyclic amines) is 1. The van der Waals surface area contributed by atoms with Crippen LogP contribution < -0.4 is 0 Å². The van der Waals surface area contributed by atoms with Crippen LogP contribution in [-0.2, 0) is 0 Å². The van der Waals surface area contributed by atoms with Crippen LogP contribution in [0.5, 0.6) is 0 Å². The first-order valence-electron chi connectivity index (χ1n) is 10.7. The zero-order chi connectivity index (χ0) is 22.1.